The molecule has 1 amide bonds. The summed E-state index contributed by atoms with van der Waals surface area (Å²) in [6, 6.07) is 0. The molecule has 0 fully saturated rings. The number of hydrogen-bond acceptors (Lipinski definition) is 4. The summed E-state index contributed by atoms with van der Waals surface area (Å²) in [6.07, 6.45) is 3.12. The summed E-state index contributed by atoms with van der Waals surface area (Å²) < 4.78 is 0. The average Bonchev–Trinajstić information content (AvgIpc) is 3.02. The smallest absolute Gasteiger partial charge is 0.290 e. The van der Waals surface area contributed by atoms with E-state index in [-0.39, 0.29) is 11.7 Å². The van der Waals surface area contributed by atoms with Crippen LogP contribution in [0.15, 0.2) is 6.33 Å². The SMILES string of the molecule is Cc1n[nH]c(C)c1CCCN(C)C(=O)c1ncn[nH]1. The lowest BCUT2D eigenvalue weighted by Crippen LogP contribution is -2.29. The summed E-state index contributed by atoms with van der Waals surface area (Å²) in [4.78, 5) is 17.4. The average molecular weight is 262 g/mol. The standard InChI is InChI=1S/C12H18N6O/c1-8-10(9(2)16-15-8)5-4-6-18(3)12(19)11-13-7-14-17-11/h7H,4-6H2,1-3H3,(H,15,16)(H,13,14,17). The number of aryl methyl sites for hydroxylation is 2. The van der Waals surface area contributed by atoms with Crippen LogP contribution in [0.3, 0.4) is 0 Å². The van der Waals surface area contributed by atoms with Crippen molar-refractivity contribution in [2.45, 2.75) is 26.7 Å². The first-order chi connectivity index (χ1) is 9.09. The van der Waals surface area contributed by atoms with Crippen molar-refractivity contribution in [2.75, 3.05) is 13.6 Å². The molecule has 0 spiro atoms. The van der Waals surface area contributed by atoms with Gasteiger partial charge in [0.25, 0.3) is 5.91 Å². The van der Waals surface area contributed by atoms with Crippen molar-refractivity contribution in [3.63, 3.8) is 0 Å². The van der Waals surface area contributed by atoms with E-state index in [9.17, 15) is 4.79 Å². The molecule has 2 aromatic heterocycles. The van der Waals surface area contributed by atoms with Gasteiger partial charge in [0.1, 0.15) is 6.33 Å². The van der Waals surface area contributed by atoms with E-state index in [1.807, 2.05) is 13.8 Å². The topological polar surface area (TPSA) is 90.6 Å². The van der Waals surface area contributed by atoms with E-state index in [1.54, 1.807) is 11.9 Å². The quantitative estimate of drug-likeness (QED) is 0.835. The van der Waals surface area contributed by atoms with Crippen molar-refractivity contribution < 1.29 is 4.79 Å². The van der Waals surface area contributed by atoms with Crippen molar-refractivity contribution in [1.82, 2.24) is 30.3 Å². The van der Waals surface area contributed by atoms with Gasteiger partial charge in [-0.3, -0.25) is 15.0 Å². The number of nitrogens with one attached hydrogen (secondary N) is 2. The fourth-order valence-electron chi connectivity index (χ4n) is 2.03. The van der Waals surface area contributed by atoms with Crippen molar-refractivity contribution in [2.24, 2.45) is 0 Å². The largest absolute Gasteiger partial charge is 0.339 e. The zero-order valence-electron chi connectivity index (χ0n) is 11.4. The van der Waals surface area contributed by atoms with Crippen LogP contribution in [-0.2, 0) is 6.42 Å². The molecule has 7 heteroatoms. The predicted octanol–water partition coefficient (Wildman–Crippen LogP) is 0.849. The highest BCUT2D eigenvalue weighted by atomic mass is 16.2. The first-order valence-electron chi connectivity index (χ1n) is 6.21. The maximum atomic E-state index is 11.9. The third-order valence-corrected chi connectivity index (χ3v) is 3.17. The van der Waals surface area contributed by atoms with Crippen LogP contribution in [0.2, 0.25) is 0 Å². The Kier molecular flexibility index (Phi) is 3.94. The van der Waals surface area contributed by atoms with Crippen LogP contribution in [0.4, 0.5) is 0 Å². The summed E-state index contributed by atoms with van der Waals surface area (Å²) in [5.41, 5.74) is 3.36. The number of nitrogens with zero attached hydrogens (tertiary/aromatic N) is 4. The Balaban J connectivity index is 1.84. The zero-order valence-corrected chi connectivity index (χ0v) is 11.4. The molecule has 2 N–H and O–H groups in total. The van der Waals surface area contributed by atoms with Crippen LogP contribution in [0, 0.1) is 13.8 Å². The number of aromatic amines is 2. The lowest BCUT2D eigenvalue weighted by atomic mass is 10.1. The minimum absolute atomic E-state index is 0.141. The van der Waals surface area contributed by atoms with E-state index in [0.717, 1.165) is 24.2 Å². The summed E-state index contributed by atoms with van der Waals surface area (Å²) in [7, 11) is 1.76. The van der Waals surface area contributed by atoms with Gasteiger partial charge < -0.3 is 4.90 Å². The summed E-state index contributed by atoms with van der Waals surface area (Å²) in [5, 5.41) is 13.4. The molecule has 7 nitrogen and oxygen atoms in total. The molecule has 0 aliphatic carbocycles. The second kappa shape index (κ2) is 5.64. The summed E-state index contributed by atoms with van der Waals surface area (Å²) in [5.74, 6) is 0.135. The maximum absolute atomic E-state index is 11.9. The highest BCUT2D eigenvalue weighted by molar-refractivity contribution is 5.90. The van der Waals surface area contributed by atoms with E-state index in [2.05, 4.69) is 25.4 Å². The molecule has 0 aromatic carbocycles. The second-order valence-electron chi connectivity index (χ2n) is 4.58. The molecule has 0 atom stereocenters. The number of aromatic nitrogens is 5. The lowest BCUT2D eigenvalue weighted by molar-refractivity contribution is 0.0782. The molecule has 0 aliphatic heterocycles. The molecule has 0 aliphatic rings. The Hall–Kier alpha value is -2.18. The molecule has 0 unspecified atom stereocenters. The minimum Gasteiger partial charge on any atom is -0.339 e. The molecule has 2 rings (SSSR count). The van der Waals surface area contributed by atoms with Gasteiger partial charge in [-0.05, 0) is 32.3 Å². The summed E-state index contributed by atoms with van der Waals surface area (Å²) >= 11 is 0. The molecule has 0 saturated heterocycles. The molecule has 0 radical (unpaired) electrons. The van der Waals surface area contributed by atoms with Gasteiger partial charge in [-0.25, -0.2) is 4.98 Å². The fraction of sp³-hybridized carbons (Fsp3) is 0.500. The van der Waals surface area contributed by atoms with Gasteiger partial charge in [-0.2, -0.15) is 10.2 Å². The molecular weight excluding hydrogens is 244 g/mol. The number of carbonyl (C=O) groups excluding carboxylic acids is 1. The maximum Gasteiger partial charge on any atom is 0.290 e. The Labute approximate surface area is 111 Å². The first kappa shape index (κ1) is 13.3. The predicted molar refractivity (Wildman–Crippen MR) is 69.7 cm³/mol. The van der Waals surface area contributed by atoms with Crippen LogP contribution >= 0.6 is 0 Å². The minimum atomic E-state index is -0.141. The van der Waals surface area contributed by atoms with Crippen LogP contribution < -0.4 is 0 Å². The van der Waals surface area contributed by atoms with Gasteiger partial charge >= 0.3 is 0 Å². The monoisotopic (exact) mass is 262 g/mol. The number of H-pyrrole nitrogens is 2. The summed E-state index contributed by atoms with van der Waals surface area (Å²) in [6.45, 7) is 4.67. The Morgan fingerprint density at radius 3 is 2.74 bits per heavy atom. The van der Waals surface area contributed by atoms with E-state index in [1.165, 1.54) is 11.9 Å². The number of rotatable bonds is 5. The van der Waals surface area contributed by atoms with Crippen molar-refractivity contribution in [3.8, 4) is 0 Å². The van der Waals surface area contributed by atoms with Gasteiger partial charge in [-0.15, -0.1) is 0 Å². The van der Waals surface area contributed by atoms with E-state index >= 15 is 0 Å². The number of hydrogen-bond donors (Lipinski definition) is 2. The highest BCUT2D eigenvalue weighted by Gasteiger charge is 2.14. The fourth-order valence-corrected chi connectivity index (χ4v) is 2.03. The Morgan fingerprint density at radius 1 is 1.37 bits per heavy atom. The van der Waals surface area contributed by atoms with E-state index in [0.29, 0.717) is 6.54 Å². The van der Waals surface area contributed by atoms with E-state index < -0.39 is 0 Å². The van der Waals surface area contributed by atoms with Crippen molar-refractivity contribution in [3.05, 3.63) is 29.1 Å². The number of carbonyl (C=O) groups is 1. The molecule has 0 saturated carbocycles. The van der Waals surface area contributed by atoms with Crippen LogP contribution in [0.1, 0.15) is 34.0 Å². The van der Waals surface area contributed by atoms with Crippen LogP contribution in [-0.4, -0.2) is 49.8 Å². The van der Waals surface area contributed by atoms with Crippen LogP contribution in [0.5, 0.6) is 0 Å². The third kappa shape index (κ3) is 2.98. The molecule has 102 valence electrons. The normalized spacial score (nSPS) is 10.7. The molecule has 2 heterocycles. The van der Waals surface area contributed by atoms with E-state index in [4.69, 9.17) is 0 Å². The Bertz CT molecular complexity index is 525. The molecule has 19 heavy (non-hydrogen) atoms. The Morgan fingerprint density at radius 2 is 2.16 bits per heavy atom. The molecule has 0 bridgehead atoms. The van der Waals surface area contributed by atoms with Crippen LogP contribution in [0.25, 0.3) is 0 Å². The highest BCUT2D eigenvalue weighted by Crippen LogP contribution is 2.12. The molecule has 2 aromatic rings. The van der Waals surface area contributed by atoms with Crippen molar-refractivity contribution >= 4 is 5.91 Å². The van der Waals surface area contributed by atoms with Crippen molar-refractivity contribution in [1.29, 1.82) is 0 Å². The lowest BCUT2D eigenvalue weighted by Gasteiger charge is -2.15. The first-order valence-corrected chi connectivity index (χ1v) is 6.21. The van der Waals surface area contributed by atoms with Gasteiger partial charge in [0.2, 0.25) is 5.82 Å². The van der Waals surface area contributed by atoms with Gasteiger partial charge in [-0.1, -0.05) is 0 Å². The van der Waals surface area contributed by atoms with Gasteiger partial charge in [0.05, 0.1) is 5.69 Å². The number of amides is 1. The van der Waals surface area contributed by atoms with Gasteiger partial charge in [0, 0.05) is 19.3 Å². The zero-order chi connectivity index (χ0) is 13.8. The van der Waals surface area contributed by atoms with Gasteiger partial charge in [0.15, 0.2) is 0 Å². The molecular formula is C12H18N6O. The second-order valence-corrected chi connectivity index (χ2v) is 4.58. The third-order valence-electron chi connectivity index (χ3n) is 3.17.